The van der Waals surface area contributed by atoms with Gasteiger partial charge in [-0.3, -0.25) is 0 Å². The van der Waals surface area contributed by atoms with Gasteiger partial charge in [0.1, 0.15) is 5.75 Å². The maximum atomic E-state index is 9.84. The topological polar surface area (TPSA) is 40.5 Å². The predicted molar refractivity (Wildman–Crippen MR) is 59.8 cm³/mol. The molecule has 1 aliphatic rings. The van der Waals surface area contributed by atoms with E-state index in [0.29, 0.717) is 11.7 Å². The number of phenols is 1. The standard InChI is InChI=1S/C13H18O2/c14-12-7-5-10(6-8-12)9-11-3-1-2-4-13(11)15/h5-8,11,13-15H,1-4,9H2/t11-,13-/m0/s1. The van der Waals surface area contributed by atoms with Crippen LogP contribution in [0, 0.1) is 5.92 Å². The van der Waals surface area contributed by atoms with Gasteiger partial charge in [0.05, 0.1) is 6.10 Å². The van der Waals surface area contributed by atoms with Gasteiger partial charge in [-0.15, -0.1) is 0 Å². The Balaban J connectivity index is 1.98. The summed E-state index contributed by atoms with van der Waals surface area (Å²) in [6.45, 7) is 0. The molecule has 2 nitrogen and oxygen atoms in total. The number of rotatable bonds is 2. The summed E-state index contributed by atoms with van der Waals surface area (Å²) in [6, 6.07) is 7.31. The summed E-state index contributed by atoms with van der Waals surface area (Å²) in [5.41, 5.74) is 1.21. The van der Waals surface area contributed by atoms with E-state index in [1.54, 1.807) is 12.1 Å². The second-order valence-electron chi connectivity index (χ2n) is 4.48. The zero-order valence-electron chi connectivity index (χ0n) is 8.89. The lowest BCUT2D eigenvalue weighted by atomic mass is 9.82. The minimum absolute atomic E-state index is 0.132. The Hall–Kier alpha value is -1.02. The molecule has 1 fully saturated rings. The molecule has 1 saturated carbocycles. The monoisotopic (exact) mass is 206 g/mol. The normalized spacial score (nSPS) is 26.5. The number of benzene rings is 1. The average molecular weight is 206 g/mol. The average Bonchev–Trinajstić information content (AvgIpc) is 2.25. The summed E-state index contributed by atoms with van der Waals surface area (Å²) in [5, 5.41) is 19.0. The van der Waals surface area contributed by atoms with Gasteiger partial charge in [0.25, 0.3) is 0 Å². The Morgan fingerprint density at radius 3 is 2.40 bits per heavy atom. The van der Waals surface area contributed by atoms with Gasteiger partial charge in [0, 0.05) is 0 Å². The summed E-state index contributed by atoms with van der Waals surface area (Å²) < 4.78 is 0. The lowest BCUT2D eigenvalue weighted by Crippen LogP contribution is -2.26. The van der Waals surface area contributed by atoms with E-state index in [0.717, 1.165) is 25.7 Å². The second kappa shape index (κ2) is 4.67. The highest BCUT2D eigenvalue weighted by atomic mass is 16.3. The van der Waals surface area contributed by atoms with Crippen molar-refractivity contribution in [2.45, 2.75) is 38.2 Å². The number of hydrogen-bond donors (Lipinski definition) is 2. The molecule has 1 aliphatic carbocycles. The maximum absolute atomic E-state index is 9.84. The fourth-order valence-electron chi connectivity index (χ4n) is 2.36. The van der Waals surface area contributed by atoms with Crippen LogP contribution in [0.5, 0.6) is 5.75 Å². The first-order valence-electron chi connectivity index (χ1n) is 5.71. The molecule has 0 aromatic heterocycles. The van der Waals surface area contributed by atoms with E-state index < -0.39 is 0 Å². The van der Waals surface area contributed by atoms with Crippen LogP contribution in [0.1, 0.15) is 31.2 Å². The molecule has 1 aromatic rings. The molecule has 0 unspecified atom stereocenters. The molecule has 1 aromatic carbocycles. The zero-order valence-corrected chi connectivity index (χ0v) is 8.89. The van der Waals surface area contributed by atoms with Crippen molar-refractivity contribution in [3.63, 3.8) is 0 Å². The summed E-state index contributed by atoms with van der Waals surface area (Å²) in [4.78, 5) is 0. The van der Waals surface area contributed by atoms with Crippen molar-refractivity contribution in [2.75, 3.05) is 0 Å². The zero-order chi connectivity index (χ0) is 10.7. The van der Waals surface area contributed by atoms with Crippen molar-refractivity contribution in [2.24, 2.45) is 5.92 Å². The van der Waals surface area contributed by atoms with Crippen LogP contribution in [0.3, 0.4) is 0 Å². The van der Waals surface area contributed by atoms with Crippen LogP contribution in [-0.2, 0) is 6.42 Å². The van der Waals surface area contributed by atoms with Crippen molar-refractivity contribution >= 4 is 0 Å². The third-order valence-electron chi connectivity index (χ3n) is 3.30. The van der Waals surface area contributed by atoms with Gasteiger partial charge in [0.2, 0.25) is 0 Å². The molecule has 0 aliphatic heterocycles. The van der Waals surface area contributed by atoms with Gasteiger partial charge in [-0.1, -0.05) is 25.0 Å². The van der Waals surface area contributed by atoms with Gasteiger partial charge in [-0.05, 0) is 42.9 Å². The summed E-state index contributed by atoms with van der Waals surface area (Å²) in [5.74, 6) is 0.714. The van der Waals surface area contributed by atoms with Crippen LogP contribution in [0.25, 0.3) is 0 Å². The highest BCUT2D eigenvalue weighted by Gasteiger charge is 2.22. The Kier molecular flexibility index (Phi) is 3.27. The Labute approximate surface area is 90.6 Å². The third-order valence-corrected chi connectivity index (χ3v) is 3.30. The van der Waals surface area contributed by atoms with Crippen molar-refractivity contribution < 1.29 is 10.2 Å². The van der Waals surface area contributed by atoms with Crippen molar-refractivity contribution in [3.05, 3.63) is 29.8 Å². The number of phenolic OH excluding ortho intramolecular Hbond substituents is 1. The van der Waals surface area contributed by atoms with Gasteiger partial charge in [-0.25, -0.2) is 0 Å². The van der Waals surface area contributed by atoms with Gasteiger partial charge in [0.15, 0.2) is 0 Å². The lowest BCUT2D eigenvalue weighted by molar-refractivity contribution is 0.0700. The molecule has 0 spiro atoms. The Morgan fingerprint density at radius 1 is 1.07 bits per heavy atom. The molecule has 2 atom stereocenters. The molecule has 82 valence electrons. The van der Waals surface area contributed by atoms with Crippen molar-refractivity contribution in [1.82, 2.24) is 0 Å². The first kappa shape index (κ1) is 10.5. The first-order valence-corrected chi connectivity index (χ1v) is 5.71. The van der Waals surface area contributed by atoms with Gasteiger partial charge < -0.3 is 10.2 Å². The smallest absolute Gasteiger partial charge is 0.115 e. The molecule has 2 rings (SSSR count). The van der Waals surface area contributed by atoms with E-state index in [4.69, 9.17) is 5.11 Å². The van der Waals surface area contributed by atoms with E-state index in [9.17, 15) is 5.11 Å². The number of aliphatic hydroxyl groups is 1. The largest absolute Gasteiger partial charge is 0.508 e. The fraction of sp³-hybridized carbons (Fsp3) is 0.538. The van der Waals surface area contributed by atoms with E-state index in [-0.39, 0.29) is 6.10 Å². The van der Waals surface area contributed by atoms with Crippen LogP contribution >= 0.6 is 0 Å². The van der Waals surface area contributed by atoms with E-state index in [2.05, 4.69) is 0 Å². The minimum atomic E-state index is -0.132. The summed E-state index contributed by atoms with van der Waals surface area (Å²) in [6.07, 6.45) is 5.27. The van der Waals surface area contributed by atoms with Crippen LogP contribution in [0.15, 0.2) is 24.3 Å². The second-order valence-corrected chi connectivity index (χ2v) is 4.48. The maximum Gasteiger partial charge on any atom is 0.115 e. The van der Waals surface area contributed by atoms with Crippen molar-refractivity contribution in [1.29, 1.82) is 0 Å². The Bertz CT molecular complexity index is 305. The number of aliphatic hydroxyl groups excluding tert-OH is 1. The highest BCUT2D eigenvalue weighted by molar-refractivity contribution is 5.26. The van der Waals surface area contributed by atoms with Crippen molar-refractivity contribution in [3.8, 4) is 5.75 Å². The number of aromatic hydroxyl groups is 1. The van der Waals surface area contributed by atoms with Crippen LogP contribution in [0.2, 0.25) is 0 Å². The summed E-state index contributed by atoms with van der Waals surface area (Å²) >= 11 is 0. The molecular formula is C13H18O2. The molecule has 15 heavy (non-hydrogen) atoms. The third kappa shape index (κ3) is 2.72. The minimum Gasteiger partial charge on any atom is -0.508 e. The fourth-order valence-corrected chi connectivity index (χ4v) is 2.36. The van der Waals surface area contributed by atoms with Gasteiger partial charge >= 0.3 is 0 Å². The van der Waals surface area contributed by atoms with Crippen LogP contribution in [-0.4, -0.2) is 16.3 Å². The molecule has 2 heteroatoms. The Morgan fingerprint density at radius 2 is 1.73 bits per heavy atom. The lowest BCUT2D eigenvalue weighted by Gasteiger charge is -2.27. The first-order chi connectivity index (χ1) is 7.25. The molecule has 0 radical (unpaired) electrons. The van der Waals surface area contributed by atoms with Gasteiger partial charge in [-0.2, -0.15) is 0 Å². The quantitative estimate of drug-likeness (QED) is 0.780. The van der Waals surface area contributed by atoms with E-state index in [1.165, 1.54) is 12.0 Å². The number of hydrogen-bond acceptors (Lipinski definition) is 2. The highest BCUT2D eigenvalue weighted by Crippen LogP contribution is 2.27. The molecule has 0 bridgehead atoms. The van der Waals surface area contributed by atoms with E-state index >= 15 is 0 Å². The molecule has 0 amide bonds. The molecule has 0 saturated heterocycles. The molecule has 2 N–H and O–H groups in total. The predicted octanol–water partition coefficient (Wildman–Crippen LogP) is 2.49. The van der Waals surface area contributed by atoms with E-state index in [1.807, 2.05) is 12.1 Å². The summed E-state index contributed by atoms with van der Waals surface area (Å²) in [7, 11) is 0. The van der Waals surface area contributed by atoms with Crippen LogP contribution < -0.4 is 0 Å². The SMILES string of the molecule is Oc1ccc(C[C@@H]2CCCC[C@@H]2O)cc1. The molecule has 0 heterocycles. The molecular weight excluding hydrogens is 188 g/mol. The van der Waals surface area contributed by atoms with Crippen LogP contribution in [0.4, 0.5) is 0 Å².